The summed E-state index contributed by atoms with van der Waals surface area (Å²) in [4.78, 5) is 34.3. The zero-order chi connectivity index (χ0) is 21.5. The van der Waals surface area contributed by atoms with Gasteiger partial charge in [0.1, 0.15) is 5.75 Å². The fourth-order valence-corrected chi connectivity index (χ4v) is 2.98. The Balaban J connectivity index is 1.56. The van der Waals surface area contributed by atoms with Crippen LogP contribution in [-0.4, -0.2) is 23.0 Å². The fraction of sp³-hybridized carbons (Fsp3) is 0. The third kappa shape index (κ3) is 5.47. The molecule has 1 N–H and O–H groups in total. The first-order valence-corrected chi connectivity index (χ1v) is 9.66. The van der Waals surface area contributed by atoms with Crippen molar-refractivity contribution in [3.05, 3.63) is 103 Å². The van der Waals surface area contributed by atoms with Crippen LogP contribution >= 0.6 is 22.6 Å². The number of carbonyl (C=O) groups is 2. The molecule has 3 aromatic rings. The van der Waals surface area contributed by atoms with Crippen molar-refractivity contribution in [2.45, 2.75) is 0 Å². The summed E-state index contributed by atoms with van der Waals surface area (Å²) < 4.78 is 6.16. The molecule has 0 bridgehead atoms. The minimum absolute atomic E-state index is 0.0992. The molecule has 150 valence electrons. The summed E-state index contributed by atoms with van der Waals surface area (Å²) in [6.07, 6.45) is 1.43. The number of nitrogens with zero attached hydrogens (tertiary/aromatic N) is 2. The van der Waals surface area contributed by atoms with Gasteiger partial charge in [0.2, 0.25) is 0 Å². The predicted molar refractivity (Wildman–Crippen MR) is 119 cm³/mol. The third-order valence-electron chi connectivity index (χ3n) is 3.90. The predicted octanol–water partition coefficient (Wildman–Crippen LogP) is 4.18. The second kappa shape index (κ2) is 9.74. The molecule has 3 rings (SSSR count). The maximum Gasteiger partial charge on any atom is 0.344 e. The van der Waals surface area contributed by atoms with Gasteiger partial charge >= 0.3 is 5.97 Å². The Morgan fingerprint density at radius 2 is 1.67 bits per heavy atom. The summed E-state index contributed by atoms with van der Waals surface area (Å²) in [5.74, 6) is -0.562. The van der Waals surface area contributed by atoms with Gasteiger partial charge in [-0.1, -0.05) is 12.1 Å². The average molecular weight is 515 g/mol. The summed E-state index contributed by atoms with van der Waals surface area (Å²) in [5, 5.41) is 14.5. The molecule has 0 aromatic heterocycles. The van der Waals surface area contributed by atoms with Crippen LogP contribution in [0.3, 0.4) is 0 Å². The van der Waals surface area contributed by atoms with Gasteiger partial charge in [-0.25, -0.2) is 10.2 Å². The van der Waals surface area contributed by atoms with Crippen LogP contribution in [0.25, 0.3) is 0 Å². The number of hydrogen-bond donors (Lipinski definition) is 1. The number of amides is 1. The number of halogens is 1. The van der Waals surface area contributed by atoms with Crippen molar-refractivity contribution in [1.29, 1.82) is 0 Å². The summed E-state index contributed by atoms with van der Waals surface area (Å²) in [6, 6.07) is 18.9. The van der Waals surface area contributed by atoms with Crippen molar-refractivity contribution >= 4 is 46.4 Å². The van der Waals surface area contributed by atoms with Gasteiger partial charge in [0.25, 0.3) is 11.6 Å². The van der Waals surface area contributed by atoms with Crippen LogP contribution in [0.5, 0.6) is 5.75 Å². The zero-order valence-corrected chi connectivity index (χ0v) is 17.5. The quantitative estimate of drug-likeness (QED) is 0.132. The second-order valence-electron chi connectivity index (χ2n) is 5.94. The van der Waals surface area contributed by atoms with Gasteiger partial charge < -0.3 is 4.74 Å². The van der Waals surface area contributed by atoms with Crippen LogP contribution in [0.4, 0.5) is 5.69 Å². The summed E-state index contributed by atoms with van der Waals surface area (Å²) >= 11 is 2.07. The van der Waals surface area contributed by atoms with Gasteiger partial charge in [0, 0.05) is 21.3 Å². The molecule has 0 spiro atoms. The lowest BCUT2D eigenvalue weighted by molar-refractivity contribution is -0.384. The number of ether oxygens (including phenoxy) is 1. The largest absolute Gasteiger partial charge is 0.423 e. The second-order valence-corrected chi connectivity index (χ2v) is 7.10. The molecule has 30 heavy (non-hydrogen) atoms. The number of carbonyl (C=O) groups excluding carboxylic acids is 2. The highest BCUT2D eigenvalue weighted by Crippen LogP contribution is 2.17. The molecule has 0 radical (unpaired) electrons. The highest BCUT2D eigenvalue weighted by Gasteiger charge is 2.12. The summed E-state index contributed by atoms with van der Waals surface area (Å²) in [7, 11) is 0. The third-order valence-corrected chi connectivity index (χ3v) is 4.85. The molecule has 8 nitrogen and oxygen atoms in total. The maximum atomic E-state index is 12.2. The van der Waals surface area contributed by atoms with Gasteiger partial charge in [0.15, 0.2) is 0 Å². The lowest BCUT2D eigenvalue weighted by Crippen LogP contribution is -2.17. The first-order chi connectivity index (χ1) is 14.4. The molecule has 0 heterocycles. The van der Waals surface area contributed by atoms with Crippen LogP contribution in [0, 0.1) is 13.7 Å². The molecule has 1 amide bonds. The SMILES string of the molecule is O=C(N/N=C/c1ccc(OC(=O)c2ccccc2I)cc1)c1ccc([N+](=O)[O-])cc1. The number of hydrogen-bond acceptors (Lipinski definition) is 6. The van der Waals surface area contributed by atoms with Crippen LogP contribution in [0.1, 0.15) is 26.3 Å². The van der Waals surface area contributed by atoms with Crippen LogP contribution in [0.2, 0.25) is 0 Å². The number of hydrazone groups is 1. The average Bonchev–Trinajstić information content (AvgIpc) is 2.75. The van der Waals surface area contributed by atoms with E-state index in [9.17, 15) is 19.7 Å². The lowest BCUT2D eigenvalue weighted by Gasteiger charge is -2.06. The van der Waals surface area contributed by atoms with E-state index in [1.807, 2.05) is 12.1 Å². The molecule has 0 unspecified atom stereocenters. The standard InChI is InChI=1S/C21H14IN3O5/c22-19-4-2-1-3-18(19)21(27)30-17-11-5-14(6-12-17)13-23-24-20(26)15-7-9-16(10-8-15)25(28)29/h1-13H,(H,24,26)/b23-13+. The number of rotatable bonds is 6. The van der Waals surface area contributed by atoms with Crippen molar-refractivity contribution in [3.63, 3.8) is 0 Å². The zero-order valence-electron chi connectivity index (χ0n) is 15.3. The van der Waals surface area contributed by atoms with E-state index in [0.29, 0.717) is 16.9 Å². The number of non-ortho nitro benzene ring substituents is 1. The Labute approximate surface area is 184 Å². The monoisotopic (exact) mass is 515 g/mol. The van der Waals surface area contributed by atoms with E-state index in [1.165, 1.54) is 30.5 Å². The van der Waals surface area contributed by atoms with E-state index in [0.717, 1.165) is 3.57 Å². The molecule has 0 fully saturated rings. The molecule has 9 heteroatoms. The van der Waals surface area contributed by atoms with E-state index in [4.69, 9.17) is 4.74 Å². The minimum atomic E-state index is -0.540. The van der Waals surface area contributed by atoms with Crippen molar-refractivity contribution in [3.8, 4) is 5.75 Å². The molecule has 0 saturated heterocycles. The highest BCUT2D eigenvalue weighted by molar-refractivity contribution is 14.1. The molecule has 3 aromatic carbocycles. The first kappa shape index (κ1) is 21.1. The fourth-order valence-electron chi connectivity index (χ4n) is 2.38. The first-order valence-electron chi connectivity index (χ1n) is 8.58. The molecule has 0 aliphatic carbocycles. The lowest BCUT2D eigenvalue weighted by atomic mass is 10.2. The highest BCUT2D eigenvalue weighted by atomic mass is 127. The summed E-state index contributed by atoms with van der Waals surface area (Å²) in [5.41, 5.74) is 3.65. The van der Waals surface area contributed by atoms with Crippen molar-refractivity contribution in [1.82, 2.24) is 5.43 Å². The number of benzene rings is 3. The van der Waals surface area contributed by atoms with Gasteiger partial charge in [-0.3, -0.25) is 14.9 Å². The van der Waals surface area contributed by atoms with Crippen LogP contribution in [0.15, 0.2) is 77.9 Å². The molecule has 0 aliphatic rings. The van der Waals surface area contributed by atoms with Crippen molar-refractivity contribution < 1.29 is 19.2 Å². The molecule has 0 atom stereocenters. The number of nitro groups is 1. The van der Waals surface area contributed by atoms with Gasteiger partial charge in [-0.15, -0.1) is 0 Å². The van der Waals surface area contributed by atoms with Crippen molar-refractivity contribution in [2.75, 3.05) is 0 Å². The van der Waals surface area contributed by atoms with Gasteiger partial charge in [-0.2, -0.15) is 5.10 Å². The van der Waals surface area contributed by atoms with Crippen LogP contribution in [-0.2, 0) is 0 Å². The minimum Gasteiger partial charge on any atom is -0.423 e. The Bertz CT molecular complexity index is 1110. The van der Waals surface area contributed by atoms with E-state index in [2.05, 4.69) is 33.1 Å². The Morgan fingerprint density at radius 1 is 1.00 bits per heavy atom. The Morgan fingerprint density at radius 3 is 2.30 bits per heavy atom. The van der Waals surface area contributed by atoms with E-state index in [1.54, 1.807) is 36.4 Å². The number of nitro benzene ring substituents is 1. The molecule has 0 saturated carbocycles. The van der Waals surface area contributed by atoms with Crippen molar-refractivity contribution in [2.24, 2.45) is 5.10 Å². The van der Waals surface area contributed by atoms with Crippen LogP contribution < -0.4 is 10.2 Å². The Hall–Kier alpha value is -3.60. The maximum absolute atomic E-state index is 12.2. The number of esters is 1. The molecular weight excluding hydrogens is 501 g/mol. The Kier molecular flexibility index (Phi) is 6.86. The topological polar surface area (TPSA) is 111 Å². The van der Waals surface area contributed by atoms with E-state index >= 15 is 0 Å². The van der Waals surface area contributed by atoms with Gasteiger partial charge in [-0.05, 0) is 76.7 Å². The number of nitrogens with one attached hydrogen (secondary N) is 1. The van der Waals surface area contributed by atoms with E-state index < -0.39 is 16.8 Å². The summed E-state index contributed by atoms with van der Waals surface area (Å²) in [6.45, 7) is 0. The van der Waals surface area contributed by atoms with Gasteiger partial charge in [0.05, 0.1) is 16.7 Å². The normalized spacial score (nSPS) is 10.6. The smallest absolute Gasteiger partial charge is 0.344 e. The molecule has 0 aliphatic heterocycles. The molecular formula is C21H14IN3O5. The van der Waals surface area contributed by atoms with E-state index in [-0.39, 0.29) is 11.3 Å².